The summed E-state index contributed by atoms with van der Waals surface area (Å²) in [6.07, 6.45) is 4.17. The third kappa shape index (κ3) is 4.22. The van der Waals surface area contributed by atoms with Gasteiger partial charge in [0.1, 0.15) is 0 Å². The molecule has 0 unspecified atom stereocenters. The smallest absolute Gasteiger partial charge is 0.224 e. The number of halogens is 2. The normalized spacial score (nSPS) is 20.2. The molecule has 0 bridgehead atoms. The minimum Gasteiger partial charge on any atom is -0.353 e. The molecule has 7 heteroatoms. The number of benzene rings is 1. The Morgan fingerprint density at radius 2 is 1.92 bits per heavy atom. The van der Waals surface area contributed by atoms with E-state index in [1.807, 2.05) is 19.9 Å². The maximum atomic E-state index is 12.5. The van der Waals surface area contributed by atoms with Gasteiger partial charge >= 0.3 is 0 Å². The molecular formula is C19H24Cl2N4O. The molecule has 5 nitrogen and oxygen atoms in total. The molecular weight excluding hydrogens is 371 g/mol. The lowest BCUT2D eigenvalue weighted by molar-refractivity contribution is -0.121. The standard InChI is InChI=1S/C19H24Cl2N4O/c1-11-16(10-19(26)23-14-5-3-13(22)4-6-14)12(2)25(24-11)15-7-8-17(20)18(21)9-15/h7-9,13-14H,3-6,10,22H2,1-2H3,(H,23,26). The molecule has 1 aliphatic rings. The molecule has 0 spiro atoms. The van der Waals surface area contributed by atoms with Gasteiger partial charge in [0.2, 0.25) is 5.91 Å². The molecule has 2 aromatic rings. The summed E-state index contributed by atoms with van der Waals surface area (Å²) >= 11 is 12.1. The van der Waals surface area contributed by atoms with E-state index in [9.17, 15) is 4.79 Å². The summed E-state index contributed by atoms with van der Waals surface area (Å²) in [5.41, 5.74) is 9.47. The minimum atomic E-state index is 0.0327. The van der Waals surface area contributed by atoms with Gasteiger partial charge < -0.3 is 11.1 Å². The monoisotopic (exact) mass is 394 g/mol. The second-order valence-electron chi connectivity index (χ2n) is 7.02. The van der Waals surface area contributed by atoms with Crippen LogP contribution in [0.4, 0.5) is 0 Å². The van der Waals surface area contributed by atoms with Crippen LogP contribution in [0, 0.1) is 13.8 Å². The Labute approximate surface area is 163 Å². The number of hydrogen-bond donors (Lipinski definition) is 2. The lowest BCUT2D eigenvalue weighted by Gasteiger charge is -2.26. The van der Waals surface area contributed by atoms with Crippen LogP contribution in [0.1, 0.15) is 42.6 Å². The first-order valence-corrected chi connectivity index (χ1v) is 9.66. The molecule has 3 rings (SSSR count). The van der Waals surface area contributed by atoms with E-state index in [1.54, 1.807) is 16.8 Å². The Bertz CT molecular complexity index is 810. The van der Waals surface area contributed by atoms with Crippen molar-refractivity contribution in [1.82, 2.24) is 15.1 Å². The number of nitrogens with one attached hydrogen (secondary N) is 1. The quantitative estimate of drug-likeness (QED) is 0.829. The zero-order valence-electron chi connectivity index (χ0n) is 15.1. The van der Waals surface area contributed by atoms with Crippen molar-refractivity contribution < 1.29 is 4.79 Å². The average Bonchev–Trinajstić information content (AvgIpc) is 2.87. The van der Waals surface area contributed by atoms with Crippen LogP contribution in [0.15, 0.2) is 18.2 Å². The third-order valence-corrected chi connectivity index (χ3v) is 5.80. The molecule has 0 radical (unpaired) electrons. The molecule has 0 aliphatic heterocycles. The van der Waals surface area contributed by atoms with Crippen LogP contribution < -0.4 is 11.1 Å². The number of carbonyl (C=O) groups excluding carboxylic acids is 1. The van der Waals surface area contributed by atoms with Gasteiger partial charge in [-0.1, -0.05) is 23.2 Å². The van der Waals surface area contributed by atoms with E-state index in [0.717, 1.165) is 48.3 Å². The zero-order chi connectivity index (χ0) is 18.8. The Hall–Kier alpha value is -1.56. The minimum absolute atomic E-state index is 0.0327. The summed E-state index contributed by atoms with van der Waals surface area (Å²) in [6.45, 7) is 3.88. The second kappa shape index (κ2) is 7.99. The predicted octanol–water partition coefficient (Wildman–Crippen LogP) is 3.72. The summed E-state index contributed by atoms with van der Waals surface area (Å²) in [4.78, 5) is 12.5. The van der Waals surface area contributed by atoms with Crippen LogP contribution in [-0.2, 0) is 11.2 Å². The van der Waals surface area contributed by atoms with Crippen molar-refractivity contribution >= 4 is 29.1 Å². The van der Waals surface area contributed by atoms with Gasteiger partial charge in [0.15, 0.2) is 0 Å². The van der Waals surface area contributed by atoms with Crippen molar-refractivity contribution in [3.05, 3.63) is 45.2 Å². The van der Waals surface area contributed by atoms with Crippen molar-refractivity contribution in [3.63, 3.8) is 0 Å². The number of rotatable bonds is 4. The van der Waals surface area contributed by atoms with Crippen LogP contribution >= 0.6 is 23.2 Å². The second-order valence-corrected chi connectivity index (χ2v) is 7.83. The van der Waals surface area contributed by atoms with E-state index < -0.39 is 0 Å². The Balaban J connectivity index is 1.73. The summed E-state index contributed by atoms with van der Waals surface area (Å²) in [5, 5.41) is 8.70. The van der Waals surface area contributed by atoms with Gasteiger partial charge in [-0.25, -0.2) is 4.68 Å². The van der Waals surface area contributed by atoms with Gasteiger partial charge in [0.25, 0.3) is 0 Å². The molecule has 140 valence electrons. The summed E-state index contributed by atoms with van der Waals surface area (Å²) in [5.74, 6) is 0.0327. The number of hydrogen-bond acceptors (Lipinski definition) is 3. The van der Waals surface area contributed by atoms with Crippen molar-refractivity contribution in [2.75, 3.05) is 0 Å². The number of aromatic nitrogens is 2. The fourth-order valence-corrected chi connectivity index (χ4v) is 3.79. The molecule has 1 heterocycles. The molecule has 26 heavy (non-hydrogen) atoms. The number of amides is 1. The molecule has 1 fully saturated rings. The number of carbonyl (C=O) groups is 1. The fraction of sp³-hybridized carbons (Fsp3) is 0.474. The largest absolute Gasteiger partial charge is 0.353 e. The van der Waals surface area contributed by atoms with E-state index in [-0.39, 0.29) is 18.0 Å². The SMILES string of the molecule is Cc1nn(-c2ccc(Cl)c(Cl)c2)c(C)c1CC(=O)NC1CCC(N)CC1. The molecule has 1 aromatic heterocycles. The molecule has 0 atom stereocenters. The van der Waals surface area contributed by atoms with E-state index in [1.165, 1.54) is 0 Å². The topological polar surface area (TPSA) is 72.9 Å². The van der Waals surface area contributed by atoms with Gasteiger partial charge in [-0.15, -0.1) is 0 Å². The van der Waals surface area contributed by atoms with E-state index >= 15 is 0 Å². The number of nitrogens with zero attached hydrogens (tertiary/aromatic N) is 2. The van der Waals surface area contributed by atoms with Gasteiger partial charge in [0, 0.05) is 23.3 Å². The summed E-state index contributed by atoms with van der Waals surface area (Å²) in [6, 6.07) is 5.89. The highest BCUT2D eigenvalue weighted by Crippen LogP contribution is 2.26. The Kier molecular flexibility index (Phi) is 5.90. The van der Waals surface area contributed by atoms with E-state index in [2.05, 4.69) is 10.4 Å². The lowest BCUT2D eigenvalue weighted by atomic mass is 9.91. The van der Waals surface area contributed by atoms with Crippen molar-refractivity contribution in [3.8, 4) is 5.69 Å². The van der Waals surface area contributed by atoms with Crippen LogP contribution in [0.2, 0.25) is 10.0 Å². The summed E-state index contributed by atoms with van der Waals surface area (Å²) in [7, 11) is 0. The van der Waals surface area contributed by atoms with E-state index in [0.29, 0.717) is 16.5 Å². The number of aryl methyl sites for hydroxylation is 1. The van der Waals surface area contributed by atoms with Crippen LogP contribution in [0.25, 0.3) is 5.69 Å². The van der Waals surface area contributed by atoms with Gasteiger partial charge in [-0.2, -0.15) is 5.10 Å². The maximum absolute atomic E-state index is 12.5. The van der Waals surface area contributed by atoms with Crippen LogP contribution in [0.5, 0.6) is 0 Å². The van der Waals surface area contributed by atoms with Crippen LogP contribution in [-0.4, -0.2) is 27.8 Å². The van der Waals surface area contributed by atoms with Crippen molar-refractivity contribution in [2.24, 2.45) is 5.73 Å². The Morgan fingerprint density at radius 3 is 2.58 bits per heavy atom. The predicted molar refractivity (Wildman–Crippen MR) is 105 cm³/mol. The van der Waals surface area contributed by atoms with Gasteiger partial charge in [0.05, 0.1) is 27.8 Å². The molecule has 1 aromatic carbocycles. The third-order valence-electron chi connectivity index (χ3n) is 5.06. The van der Waals surface area contributed by atoms with Gasteiger partial charge in [-0.3, -0.25) is 4.79 Å². The van der Waals surface area contributed by atoms with Crippen LogP contribution in [0.3, 0.4) is 0 Å². The average molecular weight is 395 g/mol. The Morgan fingerprint density at radius 1 is 1.23 bits per heavy atom. The van der Waals surface area contributed by atoms with E-state index in [4.69, 9.17) is 28.9 Å². The first-order valence-electron chi connectivity index (χ1n) is 8.90. The first-order chi connectivity index (χ1) is 12.3. The fourth-order valence-electron chi connectivity index (χ4n) is 3.50. The molecule has 0 saturated heterocycles. The molecule has 1 aliphatic carbocycles. The highest BCUT2D eigenvalue weighted by molar-refractivity contribution is 6.42. The zero-order valence-corrected chi connectivity index (χ0v) is 16.6. The van der Waals surface area contributed by atoms with Gasteiger partial charge in [-0.05, 0) is 57.7 Å². The maximum Gasteiger partial charge on any atom is 0.224 e. The van der Waals surface area contributed by atoms with Crippen molar-refractivity contribution in [2.45, 2.75) is 58.0 Å². The summed E-state index contributed by atoms with van der Waals surface area (Å²) < 4.78 is 1.81. The highest BCUT2D eigenvalue weighted by Gasteiger charge is 2.22. The van der Waals surface area contributed by atoms with Crippen molar-refractivity contribution in [1.29, 1.82) is 0 Å². The molecule has 1 amide bonds. The highest BCUT2D eigenvalue weighted by atomic mass is 35.5. The number of nitrogens with two attached hydrogens (primary N) is 1. The lowest BCUT2D eigenvalue weighted by Crippen LogP contribution is -2.41. The molecule has 1 saturated carbocycles. The molecule has 3 N–H and O–H groups in total. The first kappa shape index (κ1) is 19.2.